The lowest BCUT2D eigenvalue weighted by Crippen LogP contribution is -2.38. The first kappa shape index (κ1) is 26.0. The number of halogens is 1. The molecule has 2 aromatic carbocycles. The van der Waals surface area contributed by atoms with Crippen molar-refractivity contribution in [2.24, 2.45) is 0 Å². The molecule has 2 N–H and O–H groups in total. The zero-order chi connectivity index (χ0) is 26.1. The minimum atomic E-state index is -0.852. The van der Waals surface area contributed by atoms with Crippen LogP contribution in [0.15, 0.2) is 40.4 Å². The predicted molar refractivity (Wildman–Crippen MR) is 139 cm³/mol. The summed E-state index contributed by atoms with van der Waals surface area (Å²) in [5.74, 6) is -0.802. The summed E-state index contributed by atoms with van der Waals surface area (Å²) in [6.07, 6.45) is 0.727. The Balaban J connectivity index is 1.85. The summed E-state index contributed by atoms with van der Waals surface area (Å²) in [4.78, 5) is 30.3. The molecule has 9 heteroatoms. The first-order valence-electron chi connectivity index (χ1n) is 12.1. The van der Waals surface area contributed by atoms with Crippen LogP contribution in [0.3, 0.4) is 0 Å². The number of aliphatic hydroxyl groups is 1. The molecule has 0 radical (unpaired) electrons. The number of aliphatic hydroxyl groups excluding tert-OH is 1. The van der Waals surface area contributed by atoms with E-state index in [0.29, 0.717) is 35.1 Å². The highest BCUT2D eigenvalue weighted by atomic mass is 79.9. The summed E-state index contributed by atoms with van der Waals surface area (Å²) in [5.41, 5.74) is 1.93. The van der Waals surface area contributed by atoms with Crippen LogP contribution in [-0.2, 0) is 16.0 Å². The fourth-order valence-electron chi connectivity index (χ4n) is 4.88. The van der Waals surface area contributed by atoms with Crippen LogP contribution in [0.1, 0.15) is 43.5 Å². The van der Waals surface area contributed by atoms with Crippen LogP contribution in [-0.4, -0.2) is 71.1 Å². The molecule has 36 heavy (non-hydrogen) atoms. The van der Waals surface area contributed by atoms with Gasteiger partial charge in [0, 0.05) is 25.1 Å². The number of benzene rings is 2. The molecular formula is C27H31BrN2O6. The van der Waals surface area contributed by atoms with Gasteiger partial charge in [-0.2, -0.15) is 0 Å². The molecule has 8 nitrogen and oxygen atoms in total. The number of ketones is 1. The van der Waals surface area contributed by atoms with Crippen LogP contribution in [0, 0.1) is 0 Å². The van der Waals surface area contributed by atoms with Crippen LogP contribution in [0.2, 0.25) is 0 Å². The molecule has 1 fully saturated rings. The minimum Gasteiger partial charge on any atom is -0.507 e. The number of hydrogen-bond acceptors (Lipinski definition) is 7. The normalized spacial score (nSPS) is 20.7. The summed E-state index contributed by atoms with van der Waals surface area (Å²) in [7, 11) is 1.43. The number of likely N-dealkylation sites (tertiary alicyclic amines) is 1. The number of likely N-dealkylation sites (N-methyl/N-ethyl adjacent to an activating group) is 1. The van der Waals surface area contributed by atoms with Gasteiger partial charge >= 0.3 is 0 Å². The van der Waals surface area contributed by atoms with Gasteiger partial charge in [0.15, 0.2) is 11.5 Å². The van der Waals surface area contributed by atoms with Crippen molar-refractivity contribution in [3.05, 3.63) is 57.1 Å². The van der Waals surface area contributed by atoms with Crippen molar-refractivity contribution in [2.75, 3.05) is 33.3 Å². The van der Waals surface area contributed by atoms with Gasteiger partial charge in [-0.15, -0.1) is 0 Å². The van der Waals surface area contributed by atoms with Crippen molar-refractivity contribution in [1.29, 1.82) is 0 Å². The molecule has 0 bridgehead atoms. The Labute approximate surface area is 219 Å². The van der Waals surface area contributed by atoms with E-state index in [9.17, 15) is 19.8 Å². The number of carbonyl (C=O) groups is 2. The fraction of sp³-hybridized carbons (Fsp3) is 0.407. The van der Waals surface area contributed by atoms with E-state index in [1.807, 2.05) is 26.8 Å². The Morgan fingerprint density at radius 2 is 1.94 bits per heavy atom. The molecule has 1 saturated heterocycles. The Bertz CT molecular complexity index is 1220. The number of rotatable bonds is 8. The van der Waals surface area contributed by atoms with Crippen molar-refractivity contribution in [3.63, 3.8) is 0 Å². The van der Waals surface area contributed by atoms with Crippen molar-refractivity contribution < 1.29 is 29.3 Å². The second-order valence-electron chi connectivity index (χ2n) is 9.03. The lowest BCUT2D eigenvalue weighted by Gasteiger charge is -2.28. The number of carbonyl (C=O) groups excluding carboxylic acids is 2. The molecule has 2 atom stereocenters. The Morgan fingerprint density at radius 1 is 1.22 bits per heavy atom. The van der Waals surface area contributed by atoms with E-state index in [1.54, 1.807) is 24.3 Å². The third-order valence-corrected chi connectivity index (χ3v) is 7.45. The molecule has 2 heterocycles. The largest absolute Gasteiger partial charge is 0.507 e. The maximum absolute atomic E-state index is 13.4. The highest BCUT2D eigenvalue weighted by molar-refractivity contribution is 9.10. The van der Waals surface area contributed by atoms with Crippen LogP contribution in [0.25, 0.3) is 5.76 Å². The smallest absolute Gasteiger partial charge is 0.295 e. The van der Waals surface area contributed by atoms with E-state index >= 15 is 0 Å². The topological polar surface area (TPSA) is 99.5 Å². The molecule has 4 rings (SSSR count). The van der Waals surface area contributed by atoms with Crippen LogP contribution in [0.4, 0.5) is 0 Å². The van der Waals surface area contributed by atoms with Gasteiger partial charge < -0.3 is 29.5 Å². The number of methoxy groups -OCH3 is 1. The van der Waals surface area contributed by atoms with Crippen LogP contribution >= 0.6 is 15.9 Å². The van der Waals surface area contributed by atoms with E-state index < -0.39 is 17.7 Å². The number of hydrogen-bond donors (Lipinski definition) is 2. The zero-order valence-electron chi connectivity index (χ0n) is 20.9. The Kier molecular flexibility index (Phi) is 7.61. The SMILES string of the molecule is CCN(CC)CCN1C(=O)C(=O)/C(=C(/O)c2ccc3c(c2)C[C@H](C)O3)[C@@H]1c1cc(Br)c(O)c(OC)c1. The van der Waals surface area contributed by atoms with Gasteiger partial charge in [0.1, 0.15) is 17.6 Å². The van der Waals surface area contributed by atoms with Gasteiger partial charge in [-0.05, 0) is 77.4 Å². The third kappa shape index (κ3) is 4.69. The minimum absolute atomic E-state index is 0.00565. The Hall–Kier alpha value is -3.04. The maximum Gasteiger partial charge on any atom is 0.295 e. The summed E-state index contributed by atoms with van der Waals surface area (Å²) in [5, 5.41) is 21.8. The molecule has 192 valence electrons. The van der Waals surface area contributed by atoms with Gasteiger partial charge in [0.25, 0.3) is 11.7 Å². The number of phenolic OH excluding ortho intramolecular Hbond substituents is 1. The molecule has 0 saturated carbocycles. The molecule has 0 aromatic heterocycles. The molecule has 1 amide bonds. The van der Waals surface area contributed by atoms with Gasteiger partial charge in [-0.25, -0.2) is 0 Å². The first-order valence-corrected chi connectivity index (χ1v) is 12.9. The van der Waals surface area contributed by atoms with Gasteiger partial charge in [0.05, 0.1) is 23.2 Å². The second-order valence-corrected chi connectivity index (χ2v) is 9.88. The molecular weight excluding hydrogens is 528 g/mol. The number of ether oxygens (including phenoxy) is 2. The lowest BCUT2D eigenvalue weighted by molar-refractivity contribution is -0.140. The number of amides is 1. The van der Waals surface area contributed by atoms with E-state index in [1.165, 1.54) is 12.0 Å². The number of aromatic hydroxyl groups is 1. The molecule has 2 aliphatic heterocycles. The average Bonchev–Trinajstić information content (AvgIpc) is 3.36. The molecule has 2 aromatic rings. The third-order valence-electron chi connectivity index (χ3n) is 6.85. The molecule has 0 unspecified atom stereocenters. The average molecular weight is 559 g/mol. The van der Waals surface area contributed by atoms with Gasteiger partial charge in [0.2, 0.25) is 0 Å². The predicted octanol–water partition coefficient (Wildman–Crippen LogP) is 4.25. The van der Waals surface area contributed by atoms with Crippen molar-refractivity contribution >= 4 is 33.4 Å². The molecule has 0 spiro atoms. The standard InChI is InChI=1S/C27H31BrN2O6/c1-5-29(6-2)9-10-30-23(18-13-19(28)25(32)21(14-18)35-4)22(26(33)27(30)34)24(31)16-7-8-20-17(12-16)11-15(3)36-20/h7-8,12-15,23,31-32H,5-6,9-11H2,1-4H3/b24-22+/t15-,23-/m0/s1. The van der Waals surface area contributed by atoms with E-state index in [2.05, 4.69) is 20.8 Å². The number of Topliss-reactive ketones (excluding diaryl/α,β-unsaturated/α-hetero) is 1. The van der Waals surface area contributed by atoms with Gasteiger partial charge in [-0.1, -0.05) is 13.8 Å². The number of phenols is 1. The first-order chi connectivity index (χ1) is 17.2. The van der Waals surface area contributed by atoms with Crippen molar-refractivity contribution in [1.82, 2.24) is 9.80 Å². The van der Waals surface area contributed by atoms with E-state index in [4.69, 9.17) is 9.47 Å². The number of nitrogens with zero attached hydrogens (tertiary/aromatic N) is 2. The zero-order valence-corrected chi connectivity index (χ0v) is 22.5. The van der Waals surface area contributed by atoms with Gasteiger partial charge in [-0.3, -0.25) is 9.59 Å². The van der Waals surface area contributed by atoms with Crippen LogP contribution in [0.5, 0.6) is 17.2 Å². The summed E-state index contributed by atoms with van der Waals surface area (Å²) in [6, 6.07) is 7.66. The van der Waals surface area contributed by atoms with Crippen LogP contribution < -0.4 is 9.47 Å². The summed E-state index contributed by atoms with van der Waals surface area (Å²) < 4.78 is 11.4. The quantitative estimate of drug-likeness (QED) is 0.284. The maximum atomic E-state index is 13.4. The highest BCUT2D eigenvalue weighted by Gasteiger charge is 2.46. The summed E-state index contributed by atoms with van der Waals surface area (Å²) in [6.45, 7) is 8.52. The lowest BCUT2D eigenvalue weighted by atomic mass is 9.94. The second kappa shape index (κ2) is 10.5. The van der Waals surface area contributed by atoms with Crippen molar-refractivity contribution in [3.8, 4) is 17.2 Å². The highest BCUT2D eigenvalue weighted by Crippen LogP contribution is 2.44. The summed E-state index contributed by atoms with van der Waals surface area (Å²) >= 11 is 3.34. The monoisotopic (exact) mass is 558 g/mol. The van der Waals surface area contributed by atoms with E-state index in [-0.39, 0.29) is 28.9 Å². The van der Waals surface area contributed by atoms with Crippen molar-refractivity contribution in [2.45, 2.75) is 39.3 Å². The van der Waals surface area contributed by atoms with E-state index in [0.717, 1.165) is 24.4 Å². The molecule has 2 aliphatic rings. The fourth-order valence-corrected chi connectivity index (χ4v) is 5.34. The molecule has 0 aliphatic carbocycles. The number of fused-ring (bicyclic) bond motifs is 1. The Morgan fingerprint density at radius 3 is 2.61 bits per heavy atom.